The molecule has 0 saturated carbocycles. The monoisotopic (exact) mass is 713 g/mol. The van der Waals surface area contributed by atoms with Gasteiger partial charge in [-0.2, -0.15) is 0 Å². The van der Waals surface area contributed by atoms with Gasteiger partial charge in [0.15, 0.2) is 0 Å². The van der Waals surface area contributed by atoms with Crippen LogP contribution in [0.15, 0.2) is 192 Å². The lowest BCUT2D eigenvalue weighted by molar-refractivity contribution is 1.15. The standard InChI is InChI=1S/C50H39NSSi/c1-34-26-31-43-49(52-50-44(53(43,2)3)25-16-32-51-50)45(34)40-29-27-36(28-30-40)42-33-41(35-17-8-4-9-18-35)46(37-19-10-5-11-20-37)48(39-23-14-7-15-24-39)47(42)38-21-12-6-13-22-38/h4-33H,1-3H3. The number of pyridine rings is 1. The van der Waals surface area contributed by atoms with E-state index < -0.39 is 8.07 Å². The molecule has 0 amide bonds. The molecule has 0 bridgehead atoms. The molecule has 0 unspecified atom stereocenters. The van der Waals surface area contributed by atoms with Crippen molar-refractivity contribution in [1.82, 2.24) is 4.98 Å². The molecule has 8 aromatic rings. The normalized spacial score (nSPS) is 12.9. The molecule has 0 spiro atoms. The molecule has 1 nitrogen and oxygen atoms in total. The number of aryl methyl sites for hydroxylation is 1. The molecule has 254 valence electrons. The Labute approximate surface area is 318 Å². The minimum Gasteiger partial charge on any atom is -0.250 e. The van der Waals surface area contributed by atoms with Gasteiger partial charge in [0.05, 0.1) is 0 Å². The Balaban J connectivity index is 1.30. The highest BCUT2D eigenvalue weighted by Crippen LogP contribution is 2.50. The van der Waals surface area contributed by atoms with Crippen LogP contribution < -0.4 is 10.4 Å². The van der Waals surface area contributed by atoms with Crippen molar-refractivity contribution in [1.29, 1.82) is 0 Å². The number of aromatic nitrogens is 1. The second-order valence-corrected chi connectivity index (χ2v) is 19.7. The first kappa shape index (κ1) is 33.1. The summed E-state index contributed by atoms with van der Waals surface area (Å²) >= 11 is 1.84. The predicted octanol–water partition coefficient (Wildman–Crippen LogP) is 12.7. The number of rotatable bonds is 6. The highest BCUT2D eigenvalue weighted by Gasteiger charge is 2.37. The maximum Gasteiger partial charge on any atom is 0.117 e. The van der Waals surface area contributed by atoms with E-state index in [1.54, 1.807) is 0 Å². The summed E-state index contributed by atoms with van der Waals surface area (Å²) in [4.78, 5) is 6.23. The van der Waals surface area contributed by atoms with E-state index in [1.807, 2.05) is 18.0 Å². The second-order valence-electron chi connectivity index (χ2n) is 14.4. The average Bonchev–Trinajstić information content (AvgIpc) is 3.21. The molecule has 0 N–H and O–H groups in total. The van der Waals surface area contributed by atoms with E-state index >= 15 is 0 Å². The minimum atomic E-state index is -1.92. The summed E-state index contributed by atoms with van der Waals surface area (Å²) in [5.41, 5.74) is 16.0. The van der Waals surface area contributed by atoms with Crippen LogP contribution in [0.4, 0.5) is 0 Å². The molecular weight excluding hydrogens is 675 g/mol. The van der Waals surface area contributed by atoms with Crippen LogP contribution in [0.2, 0.25) is 13.1 Å². The molecule has 7 aromatic carbocycles. The highest BCUT2D eigenvalue weighted by atomic mass is 32.2. The van der Waals surface area contributed by atoms with Crippen molar-refractivity contribution in [2.45, 2.75) is 29.9 Å². The first-order valence-corrected chi connectivity index (χ1v) is 22.1. The first-order valence-electron chi connectivity index (χ1n) is 18.3. The van der Waals surface area contributed by atoms with Crippen molar-refractivity contribution < 1.29 is 0 Å². The predicted molar refractivity (Wildman–Crippen MR) is 229 cm³/mol. The Morgan fingerprint density at radius 3 is 1.42 bits per heavy atom. The van der Waals surface area contributed by atoms with Crippen LogP contribution in [-0.4, -0.2) is 13.1 Å². The molecule has 3 heteroatoms. The van der Waals surface area contributed by atoms with E-state index in [0.717, 1.165) is 5.03 Å². The Kier molecular flexibility index (Phi) is 8.54. The Bertz CT molecular complexity index is 2580. The third kappa shape index (κ3) is 5.87. The van der Waals surface area contributed by atoms with Gasteiger partial charge in [0, 0.05) is 11.1 Å². The number of hydrogen-bond donors (Lipinski definition) is 0. The third-order valence-corrected chi connectivity index (χ3v) is 15.8. The van der Waals surface area contributed by atoms with Gasteiger partial charge in [-0.15, -0.1) is 0 Å². The van der Waals surface area contributed by atoms with E-state index in [0.29, 0.717) is 0 Å². The molecule has 0 saturated heterocycles. The molecule has 1 aliphatic heterocycles. The van der Waals surface area contributed by atoms with Gasteiger partial charge in [0.25, 0.3) is 0 Å². The molecule has 2 heterocycles. The molecule has 53 heavy (non-hydrogen) atoms. The van der Waals surface area contributed by atoms with Gasteiger partial charge >= 0.3 is 0 Å². The minimum absolute atomic E-state index is 1.16. The smallest absolute Gasteiger partial charge is 0.117 e. The van der Waals surface area contributed by atoms with Crippen LogP contribution in [0.3, 0.4) is 0 Å². The molecule has 0 atom stereocenters. The number of hydrogen-bond acceptors (Lipinski definition) is 2. The zero-order valence-corrected chi connectivity index (χ0v) is 32.0. The van der Waals surface area contributed by atoms with Crippen LogP contribution in [0, 0.1) is 6.92 Å². The van der Waals surface area contributed by atoms with Crippen molar-refractivity contribution in [3.05, 3.63) is 188 Å². The summed E-state index contributed by atoms with van der Waals surface area (Å²) in [7, 11) is -1.92. The quantitative estimate of drug-likeness (QED) is 0.159. The van der Waals surface area contributed by atoms with Crippen LogP contribution >= 0.6 is 11.8 Å². The van der Waals surface area contributed by atoms with Gasteiger partial charge in [-0.3, -0.25) is 0 Å². The van der Waals surface area contributed by atoms with Crippen molar-refractivity contribution >= 4 is 30.2 Å². The van der Waals surface area contributed by atoms with Gasteiger partial charge in [0.2, 0.25) is 0 Å². The molecule has 9 rings (SSSR count). The SMILES string of the molecule is Cc1ccc2c(c1-c1ccc(-c3cc(-c4ccccc4)c(-c4ccccc4)c(-c4ccccc4)c3-c3ccccc3)cc1)Sc1ncccc1[Si]2(C)C. The van der Waals surface area contributed by atoms with E-state index in [2.05, 4.69) is 196 Å². The third-order valence-electron chi connectivity index (χ3n) is 10.8. The zero-order valence-electron chi connectivity index (χ0n) is 30.2. The number of benzene rings is 7. The van der Waals surface area contributed by atoms with Crippen molar-refractivity contribution in [3.63, 3.8) is 0 Å². The Morgan fingerprint density at radius 1 is 0.415 bits per heavy atom. The van der Waals surface area contributed by atoms with Gasteiger partial charge in [0.1, 0.15) is 13.1 Å². The first-order chi connectivity index (χ1) is 26.0. The topological polar surface area (TPSA) is 12.9 Å². The van der Waals surface area contributed by atoms with Gasteiger partial charge in [-0.05, 0) is 102 Å². The molecule has 0 aliphatic carbocycles. The Morgan fingerprint density at radius 2 is 0.868 bits per heavy atom. The lowest BCUT2D eigenvalue weighted by atomic mass is 9.79. The fourth-order valence-corrected chi connectivity index (χ4v) is 13.6. The lowest BCUT2D eigenvalue weighted by Crippen LogP contribution is -2.56. The lowest BCUT2D eigenvalue weighted by Gasteiger charge is -2.33. The number of nitrogens with zero attached hydrogens (tertiary/aromatic N) is 1. The molecule has 1 aromatic heterocycles. The van der Waals surface area contributed by atoms with E-state index in [4.69, 9.17) is 4.98 Å². The fourth-order valence-electron chi connectivity index (χ4n) is 8.10. The molecule has 0 fully saturated rings. The summed E-state index contributed by atoms with van der Waals surface area (Å²) in [5.74, 6) is 0. The Hall–Kier alpha value is -5.74. The molecule has 0 radical (unpaired) electrons. The fraction of sp³-hybridized carbons (Fsp3) is 0.0600. The van der Waals surface area contributed by atoms with Gasteiger partial charge < -0.3 is 0 Å². The van der Waals surface area contributed by atoms with Crippen molar-refractivity contribution in [2.24, 2.45) is 0 Å². The van der Waals surface area contributed by atoms with Gasteiger partial charge in [-0.25, -0.2) is 4.98 Å². The van der Waals surface area contributed by atoms with Gasteiger partial charge in [-0.1, -0.05) is 189 Å². The number of fused-ring (bicyclic) bond motifs is 2. The zero-order chi connectivity index (χ0) is 35.9. The average molecular weight is 714 g/mol. The second kappa shape index (κ2) is 13.7. The van der Waals surface area contributed by atoms with Crippen molar-refractivity contribution in [2.75, 3.05) is 0 Å². The van der Waals surface area contributed by atoms with Crippen LogP contribution in [0.5, 0.6) is 0 Å². The summed E-state index contributed by atoms with van der Waals surface area (Å²) < 4.78 is 0. The highest BCUT2D eigenvalue weighted by molar-refractivity contribution is 8.00. The van der Waals surface area contributed by atoms with Crippen molar-refractivity contribution in [3.8, 4) is 66.8 Å². The molecule has 1 aliphatic rings. The summed E-state index contributed by atoms with van der Waals surface area (Å²) in [6.07, 6.45) is 1.94. The van der Waals surface area contributed by atoms with Crippen LogP contribution in [0.1, 0.15) is 5.56 Å². The maximum absolute atomic E-state index is 4.86. The van der Waals surface area contributed by atoms with E-state index in [-0.39, 0.29) is 0 Å². The van der Waals surface area contributed by atoms with E-state index in [1.165, 1.54) is 87.6 Å². The largest absolute Gasteiger partial charge is 0.250 e. The van der Waals surface area contributed by atoms with E-state index in [9.17, 15) is 0 Å². The van der Waals surface area contributed by atoms with Crippen LogP contribution in [-0.2, 0) is 0 Å². The summed E-state index contributed by atoms with van der Waals surface area (Å²) in [5, 5.41) is 4.09. The summed E-state index contributed by atoms with van der Waals surface area (Å²) in [6.45, 7) is 7.18. The maximum atomic E-state index is 4.86. The van der Waals surface area contributed by atoms with Crippen LogP contribution in [0.25, 0.3) is 66.8 Å². The molecular formula is C50H39NSSi. The summed E-state index contributed by atoms with van der Waals surface area (Å²) in [6, 6.07) is 64.5.